The molecule has 1 N–H and O–H groups in total. The number of benzene rings is 1. The highest BCUT2D eigenvalue weighted by Crippen LogP contribution is 2.17. The maximum absolute atomic E-state index is 5.71. The molecule has 0 bridgehead atoms. The summed E-state index contributed by atoms with van der Waals surface area (Å²) in [5.41, 5.74) is 1.22. The van der Waals surface area contributed by atoms with Crippen molar-refractivity contribution in [2.75, 3.05) is 12.4 Å². The van der Waals surface area contributed by atoms with Crippen molar-refractivity contribution in [2.24, 2.45) is 0 Å². The molecular weight excluding hydrogens is 270 g/mol. The third kappa shape index (κ3) is 4.56. The largest absolute Gasteiger partial charge is 0.494 e. The molecule has 2 rings (SSSR count). The van der Waals surface area contributed by atoms with E-state index in [1.807, 2.05) is 12.1 Å². The number of hydrogen-bond donors (Lipinski definition) is 1. The van der Waals surface area contributed by atoms with Gasteiger partial charge >= 0.3 is 0 Å². The van der Waals surface area contributed by atoms with Crippen LogP contribution < -0.4 is 4.74 Å². The van der Waals surface area contributed by atoms with Crippen LogP contribution in [0.25, 0.3) is 0 Å². The van der Waals surface area contributed by atoms with E-state index < -0.39 is 0 Å². The van der Waals surface area contributed by atoms with Crippen LogP contribution in [0.1, 0.15) is 37.6 Å². The minimum Gasteiger partial charge on any atom is -0.494 e. The summed E-state index contributed by atoms with van der Waals surface area (Å²) in [4.78, 5) is 4.43. The summed E-state index contributed by atoms with van der Waals surface area (Å²) < 4.78 is 5.71. The topological polar surface area (TPSA) is 50.8 Å². The van der Waals surface area contributed by atoms with Crippen LogP contribution in [0.5, 0.6) is 5.75 Å². The predicted octanol–water partition coefficient (Wildman–Crippen LogP) is 3.80. The Labute approximate surface area is 124 Å². The van der Waals surface area contributed by atoms with Gasteiger partial charge in [-0.15, -0.1) is 5.10 Å². The second-order valence-corrected chi connectivity index (χ2v) is 6.09. The number of nitrogens with one attached hydrogen (secondary N) is 1. The third-order valence-electron chi connectivity index (χ3n) is 2.81. The molecule has 0 saturated carbocycles. The Morgan fingerprint density at radius 3 is 2.90 bits per heavy atom. The summed E-state index contributed by atoms with van der Waals surface area (Å²) in [5.74, 6) is 3.24. The molecule has 20 heavy (non-hydrogen) atoms. The molecule has 1 aromatic carbocycles. The lowest BCUT2D eigenvalue weighted by molar-refractivity contribution is 0.318. The van der Waals surface area contributed by atoms with Crippen molar-refractivity contribution in [1.82, 2.24) is 15.2 Å². The molecule has 0 fully saturated rings. The number of hydrogen-bond acceptors (Lipinski definition) is 4. The lowest BCUT2D eigenvalue weighted by Gasteiger charge is -2.05. The van der Waals surface area contributed by atoms with Crippen LogP contribution in [0.15, 0.2) is 29.4 Å². The summed E-state index contributed by atoms with van der Waals surface area (Å²) in [5, 5.41) is 7.98. The molecule has 0 radical (unpaired) electrons. The molecule has 0 aliphatic rings. The summed E-state index contributed by atoms with van der Waals surface area (Å²) in [6, 6.07) is 8.13. The minimum atomic E-state index is 0.390. The maximum Gasteiger partial charge on any atom is 0.208 e. The van der Waals surface area contributed by atoms with Gasteiger partial charge in [-0.1, -0.05) is 37.7 Å². The van der Waals surface area contributed by atoms with Crippen LogP contribution in [0, 0.1) is 6.92 Å². The molecule has 4 nitrogen and oxygen atoms in total. The minimum absolute atomic E-state index is 0.390. The summed E-state index contributed by atoms with van der Waals surface area (Å²) in [6.45, 7) is 6.99. The van der Waals surface area contributed by atoms with Crippen molar-refractivity contribution in [3.8, 4) is 5.75 Å². The van der Waals surface area contributed by atoms with Crippen LogP contribution in [0.4, 0.5) is 0 Å². The number of aromatic nitrogens is 3. The molecule has 0 unspecified atom stereocenters. The van der Waals surface area contributed by atoms with Gasteiger partial charge in [-0.05, 0) is 31.0 Å². The van der Waals surface area contributed by atoms with Gasteiger partial charge in [0, 0.05) is 11.7 Å². The Kier molecular flexibility index (Phi) is 5.47. The van der Waals surface area contributed by atoms with Crippen molar-refractivity contribution in [2.45, 2.75) is 38.3 Å². The van der Waals surface area contributed by atoms with Crippen LogP contribution in [0.2, 0.25) is 0 Å². The Morgan fingerprint density at radius 1 is 1.35 bits per heavy atom. The van der Waals surface area contributed by atoms with Crippen molar-refractivity contribution in [1.29, 1.82) is 0 Å². The first-order valence-electron chi connectivity index (χ1n) is 6.89. The number of aromatic amines is 1. The smallest absolute Gasteiger partial charge is 0.208 e. The Bertz CT molecular complexity index is 539. The SMILES string of the molecule is Cc1cccc(OCCCSc2n[nH]c(C(C)C)n2)c1. The molecule has 1 aromatic heterocycles. The molecule has 0 spiro atoms. The van der Waals surface area contributed by atoms with E-state index >= 15 is 0 Å². The van der Waals surface area contributed by atoms with E-state index in [2.05, 4.69) is 48.1 Å². The third-order valence-corrected chi connectivity index (χ3v) is 3.74. The Morgan fingerprint density at radius 2 is 2.20 bits per heavy atom. The Hall–Kier alpha value is -1.49. The quantitative estimate of drug-likeness (QED) is 0.623. The van der Waals surface area contributed by atoms with Crippen molar-refractivity contribution in [3.63, 3.8) is 0 Å². The zero-order valence-electron chi connectivity index (χ0n) is 12.2. The first-order chi connectivity index (χ1) is 9.65. The van der Waals surface area contributed by atoms with Gasteiger partial charge < -0.3 is 4.74 Å². The molecule has 108 valence electrons. The monoisotopic (exact) mass is 291 g/mol. The standard InChI is InChI=1S/C15H21N3OS/c1-11(2)14-16-15(18-17-14)20-9-5-8-19-13-7-4-6-12(3)10-13/h4,6-7,10-11H,5,8-9H2,1-3H3,(H,16,17,18). The number of rotatable bonds is 7. The number of nitrogens with zero attached hydrogens (tertiary/aromatic N) is 2. The maximum atomic E-state index is 5.71. The molecule has 5 heteroatoms. The molecular formula is C15H21N3OS. The van der Waals surface area contributed by atoms with Gasteiger partial charge in [-0.25, -0.2) is 4.98 Å². The van der Waals surface area contributed by atoms with E-state index in [0.717, 1.165) is 35.5 Å². The second-order valence-electron chi connectivity index (χ2n) is 5.02. The highest BCUT2D eigenvalue weighted by molar-refractivity contribution is 7.99. The van der Waals surface area contributed by atoms with E-state index in [9.17, 15) is 0 Å². The van der Waals surface area contributed by atoms with Gasteiger partial charge in [-0.2, -0.15) is 0 Å². The molecule has 0 saturated heterocycles. The van der Waals surface area contributed by atoms with Crippen LogP contribution in [-0.4, -0.2) is 27.5 Å². The first kappa shape index (κ1) is 14.9. The number of aryl methyl sites for hydroxylation is 1. The van der Waals surface area contributed by atoms with E-state index in [-0.39, 0.29) is 0 Å². The number of thioether (sulfide) groups is 1. The summed E-state index contributed by atoms with van der Waals surface area (Å²) >= 11 is 1.66. The van der Waals surface area contributed by atoms with Crippen molar-refractivity contribution >= 4 is 11.8 Å². The summed E-state index contributed by atoms with van der Waals surface area (Å²) in [6.07, 6.45) is 0.976. The fourth-order valence-corrected chi connectivity index (χ4v) is 2.42. The van der Waals surface area contributed by atoms with Gasteiger partial charge in [0.2, 0.25) is 5.16 Å². The average Bonchev–Trinajstić information content (AvgIpc) is 2.87. The Balaban J connectivity index is 1.66. The van der Waals surface area contributed by atoms with E-state index in [1.165, 1.54) is 5.56 Å². The van der Waals surface area contributed by atoms with Crippen molar-refractivity contribution in [3.05, 3.63) is 35.7 Å². The molecule has 0 aliphatic heterocycles. The van der Waals surface area contributed by atoms with E-state index in [0.29, 0.717) is 5.92 Å². The van der Waals surface area contributed by atoms with Gasteiger partial charge in [0.1, 0.15) is 11.6 Å². The normalized spacial score (nSPS) is 11.0. The molecule has 2 aromatic rings. The van der Waals surface area contributed by atoms with E-state index in [1.54, 1.807) is 11.8 Å². The predicted molar refractivity (Wildman–Crippen MR) is 82.5 cm³/mol. The molecule has 1 heterocycles. The second kappa shape index (κ2) is 7.33. The average molecular weight is 291 g/mol. The van der Waals surface area contributed by atoms with Crippen LogP contribution >= 0.6 is 11.8 Å². The molecule has 0 aliphatic carbocycles. The fourth-order valence-electron chi connectivity index (χ4n) is 1.70. The zero-order valence-corrected chi connectivity index (χ0v) is 13.0. The van der Waals surface area contributed by atoms with E-state index in [4.69, 9.17) is 4.74 Å². The summed E-state index contributed by atoms with van der Waals surface area (Å²) in [7, 11) is 0. The lowest BCUT2D eigenvalue weighted by atomic mass is 10.2. The van der Waals surface area contributed by atoms with Crippen LogP contribution in [0.3, 0.4) is 0 Å². The molecule has 0 atom stereocenters. The van der Waals surface area contributed by atoms with Crippen LogP contribution in [-0.2, 0) is 0 Å². The first-order valence-corrected chi connectivity index (χ1v) is 7.88. The van der Waals surface area contributed by atoms with Crippen molar-refractivity contribution < 1.29 is 4.74 Å². The van der Waals surface area contributed by atoms with Gasteiger partial charge in [0.15, 0.2) is 0 Å². The lowest BCUT2D eigenvalue weighted by Crippen LogP contribution is -1.99. The zero-order chi connectivity index (χ0) is 14.4. The van der Waals surface area contributed by atoms with Gasteiger partial charge in [0.25, 0.3) is 0 Å². The fraction of sp³-hybridized carbons (Fsp3) is 0.467. The van der Waals surface area contributed by atoms with Gasteiger partial charge in [-0.3, -0.25) is 5.10 Å². The number of ether oxygens (including phenoxy) is 1. The van der Waals surface area contributed by atoms with Gasteiger partial charge in [0.05, 0.1) is 6.61 Å². The number of H-pyrrole nitrogens is 1. The molecule has 0 amide bonds. The highest BCUT2D eigenvalue weighted by atomic mass is 32.2. The highest BCUT2D eigenvalue weighted by Gasteiger charge is 2.06.